The molecule has 1 aliphatic carbocycles. The molecule has 1 atom stereocenters. The van der Waals surface area contributed by atoms with Crippen LogP contribution in [0.2, 0.25) is 0 Å². The molecule has 0 radical (unpaired) electrons. The van der Waals surface area contributed by atoms with Gasteiger partial charge in [0, 0.05) is 5.41 Å². The van der Waals surface area contributed by atoms with Gasteiger partial charge in [0.2, 0.25) is 0 Å². The van der Waals surface area contributed by atoms with Crippen LogP contribution in [0.15, 0.2) is 24.3 Å². The van der Waals surface area contributed by atoms with E-state index >= 15 is 0 Å². The highest BCUT2D eigenvalue weighted by atomic mass is 16.4. The van der Waals surface area contributed by atoms with Gasteiger partial charge in [0.05, 0.1) is 0 Å². The van der Waals surface area contributed by atoms with Gasteiger partial charge < -0.3 is 10.8 Å². The summed E-state index contributed by atoms with van der Waals surface area (Å²) in [4.78, 5) is 11.0. The third kappa shape index (κ3) is 2.34. The van der Waals surface area contributed by atoms with Gasteiger partial charge in [-0.2, -0.15) is 0 Å². The molecule has 0 aliphatic heterocycles. The fourth-order valence-corrected chi connectivity index (χ4v) is 2.09. The molecule has 0 aromatic heterocycles. The number of rotatable bonds is 4. The van der Waals surface area contributed by atoms with Gasteiger partial charge in [0.15, 0.2) is 0 Å². The van der Waals surface area contributed by atoms with Gasteiger partial charge in [0.1, 0.15) is 6.04 Å². The molecular weight excluding hydrogens is 214 g/mol. The Hall–Kier alpha value is -1.35. The highest BCUT2D eigenvalue weighted by molar-refractivity contribution is 5.75. The molecule has 2 rings (SSSR count). The number of hydrogen-bond donors (Lipinski definition) is 2. The Balaban J connectivity index is 2.22. The summed E-state index contributed by atoms with van der Waals surface area (Å²) >= 11 is 0. The molecule has 92 valence electrons. The van der Waals surface area contributed by atoms with Crippen LogP contribution in [-0.4, -0.2) is 17.1 Å². The van der Waals surface area contributed by atoms with Gasteiger partial charge in [-0.1, -0.05) is 38.1 Å². The zero-order valence-electron chi connectivity index (χ0n) is 10.3. The van der Waals surface area contributed by atoms with Gasteiger partial charge in [-0.3, -0.25) is 4.79 Å². The van der Waals surface area contributed by atoms with E-state index < -0.39 is 17.4 Å². The van der Waals surface area contributed by atoms with E-state index in [9.17, 15) is 4.79 Å². The summed E-state index contributed by atoms with van der Waals surface area (Å²) < 4.78 is 0. The number of benzene rings is 1. The van der Waals surface area contributed by atoms with Gasteiger partial charge >= 0.3 is 5.97 Å². The topological polar surface area (TPSA) is 63.3 Å². The second-order valence-electron chi connectivity index (χ2n) is 5.43. The summed E-state index contributed by atoms with van der Waals surface area (Å²) in [5.74, 6) is -0.235. The fourth-order valence-electron chi connectivity index (χ4n) is 2.09. The maximum absolute atomic E-state index is 11.0. The summed E-state index contributed by atoms with van der Waals surface area (Å²) in [6, 6.07) is 7.34. The maximum atomic E-state index is 11.0. The second kappa shape index (κ2) is 4.15. The number of carbonyl (C=O) groups is 1. The molecule has 1 aliphatic rings. The molecule has 1 saturated carbocycles. The molecule has 3 heteroatoms. The van der Waals surface area contributed by atoms with E-state index in [2.05, 4.69) is 12.1 Å². The van der Waals surface area contributed by atoms with E-state index in [1.165, 1.54) is 18.4 Å². The Kier molecular flexibility index (Phi) is 2.96. The lowest BCUT2D eigenvalue weighted by molar-refractivity contribution is -0.140. The van der Waals surface area contributed by atoms with Crippen molar-refractivity contribution < 1.29 is 9.90 Å². The monoisotopic (exact) mass is 233 g/mol. The number of hydrogen-bond acceptors (Lipinski definition) is 2. The van der Waals surface area contributed by atoms with Gasteiger partial charge in [-0.05, 0) is 29.9 Å². The minimum absolute atomic E-state index is 0.548. The molecule has 3 nitrogen and oxygen atoms in total. The molecule has 0 saturated heterocycles. The molecule has 0 bridgehead atoms. The quantitative estimate of drug-likeness (QED) is 0.838. The Bertz CT molecular complexity index is 418. The third-order valence-electron chi connectivity index (χ3n) is 3.75. The highest BCUT2D eigenvalue weighted by Crippen LogP contribution is 2.40. The molecule has 1 aromatic carbocycles. The summed E-state index contributed by atoms with van der Waals surface area (Å²) in [6.45, 7) is 3.75. The molecule has 3 N–H and O–H groups in total. The highest BCUT2D eigenvalue weighted by Gasteiger charge is 2.34. The molecule has 17 heavy (non-hydrogen) atoms. The van der Waals surface area contributed by atoms with E-state index in [4.69, 9.17) is 10.8 Å². The number of carboxylic acid groups (broad SMARTS) is 1. The van der Waals surface area contributed by atoms with Crippen molar-refractivity contribution in [3.05, 3.63) is 35.4 Å². The average molecular weight is 233 g/mol. The van der Waals surface area contributed by atoms with E-state index in [0.29, 0.717) is 0 Å². The normalized spacial score (nSPS) is 17.8. The second-order valence-corrected chi connectivity index (χ2v) is 5.43. The van der Waals surface area contributed by atoms with Crippen molar-refractivity contribution in [2.75, 3.05) is 0 Å². The van der Waals surface area contributed by atoms with Gasteiger partial charge in [-0.15, -0.1) is 0 Å². The summed E-state index contributed by atoms with van der Waals surface area (Å²) in [6.07, 6.45) is 2.55. The summed E-state index contributed by atoms with van der Waals surface area (Å²) in [5, 5.41) is 9.01. The van der Waals surface area contributed by atoms with Crippen molar-refractivity contribution in [1.82, 2.24) is 0 Å². The van der Waals surface area contributed by atoms with Crippen LogP contribution in [-0.2, 0) is 10.2 Å². The predicted octanol–water partition coefficient (Wildman–Crippen LogP) is 2.25. The summed E-state index contributed by atoms with van der Waals surface area (Å²) in [7, 11) is 0. The van der Waals surface area contributed by atoms with Gasteiger partial charge in [0.25, 0.3) is 0 Å². The van der Waals surface area contributed by atoms with Gasteiger partial charge in [-0.25, -0.2) is 0 Å². The number of aliphatic carboxylic acids is 1. The summed E-state index contributed by atoms with van der Waals surface area (Å²) in [5.41, 5.74) is 7.53. The van der Waals surface area contributed by atoms with E-state index in [-0.39, 0.29) is 0 Å². The van der Waals surface area contributed by atoms with Crippen molar-refractivity contribution in [2.24, 2.45) is 5.73 Å². The first-order valence-electron chi connectivity index (χ1n) is 6.01. The molecule has 1 aromatic rings. The lowest BCUT2D eigenvalue weighted by atomic mass is 9.78. The van der Waals surface area contributed by atoms with Crippen LogP contribution in [0.1, 0.15) is 43.7 Å². The lowest BCUT2D eigenvalue weighted by Crippen LogP contribution is -2.46. The largest absolute Gasteiger partial charge is 0.480 e. The first kappa shape index (κ1) is 12.1. The van der Waals surface area contributed by atoms with Crippen LogP contribution < -0.4 is 5.73 Å². The van der Waals surface area contributed by atoms with Crippen LogP contribution in [0, 0.1) is 0 Å². The third-order valence-corrected chi connectivity index (χ3v) is 3.75. The Morgan fingerprint density at radius 2 is 1.88 bits per heavy atom. The van der Waals surface area contributed by atoms with Crippen LogP contribution in [0.5, 0.6) is 0 Å². The van der Waals surface area contributed by atoms with E-state index in [1.807, 2.05) is 26.0 Å². The van der Waals surface area contributed by atoms with Crippen molar-refractivity contribution in [1.29, 1.82) is 0 Å². The Morgan fingerprint density at radius 3 is 2.29 bits per heavy atom. The van der Waals surface area contributed by atoms with E-state index in [0.717, 1.165) is 11.5 Å². The predicted molar refractivity (Wildman–Crippen MR) is 67.1 cm³/mol. The number of nitrogens with two attached hydrogens (primary N) is 1. The Morgan fingerprint density at radius 1 is 1.35 bits per heavy atom. The first-order valence-corrected chi connectivity index (χ1v) is 6.01. The standard InChI is InChI=1S/C14H19NO2/c1-14(2,12(15)13(16)17)11-7-5-10(6-8-11)9-3-4-9/h5-9,12H,3-4,15H2,1-2H3,(H,16,17). The number of carboxylic acids is 1. The zero-order valence-corrected chi connectivity index (χ0v) is 10.3. The smallest absolute Gasteiger partial charge is 0.321 e. The minimum Gasteiger partial charge on any atom is -0.480 e. The van der Waals surface area contributed by atoms with Crippen LogP contribution in [0.3, 0.4) is 0 Å². The van der Waals surface area contributed by atoms with Crippen molar-refractivity contribution >= 4 is 5.97 Å². The van der Waals surface area contributed by atoms with Crippen LogP contribution in [0.25, 0.3) is 0 Å². The van der Waals surface area contributed by atoms with Crippen LogP contribution >= 0.6 is 0 Å². The van der Waals surface area contributed by atoms with Crippen molar-refractivity contribution in [2.45, 2.75) is 44.1 Å². The van der Waals surface area contributed by atoms with Crippen molar-refractivity contribution in [3.8, 4) is 0 Å². The fraction of sp³-hybridized carbons (Fsp3) is 0.500. The average Bonchev–Trinajstić information content (AvgIpc) is 3.12. The minimum atomic E-state index is -0.957. The zero-order chi connectivity index (χ0) is 12.6. The molecular formula is C14H19NO2. The lowest BCUT2D eigenvalue weighted by Gasteiger charge is -2.29. The molecule has 1 fully saturated rings. The SMILES string of the molecule is CC(C)(c1ccc(C2CC2)cc1)C(N)C(=O)O. The molecule has 0 heterocycles. The molecule has 0 spiro atoms. The van der Waals surface area contributed by atoms with Crippen molar-refractivity contribution in [3.63, 3.8) is 0 Å². The molecule has 1 unspecified atom stereocenters. The van der Waals surface area contributed by atoms with Crippen LogP contribution in [0.4, 0.5) is 0 Å². The van der Waals surface area contributed by atoms with E-state index in [1.54, 1.807) is 0 Å². The maximum Gasteiger partial charge on any atom is 0.321 e. The first-order chi connectivity index (χ1) is 7.93. The Labute approximate surface area is 102 Å². The molecule has 0 amide bonds.